The van der Waals surface area contributed by atoms with Crippen LogP contribution in [0.2, 0.25) is 0 Å². The molecule has 2 unspecified atom stereocenters. The predicted octanol–water partition coefficient (Wildman–Crippen LogP) is 17.7. The highest BCUT2D eigenvalue weighted by Crippen LogP contribution is 2.17. The summed E-state index contributed by atoms with van der Waals surface area (Å²) in [5, 5.41) is 23.2. The van der Waals surface area contributed by atoms with Crippen molar-refractivity contribution < 1.29 is 24.5 Å². The van der Waals surface area contributed by atoms with Gasteiger partial charge >= 0.3 is 5.97 Å². The Balaban J connectivity index is 3.37. The van der Waals surface area contributed by atoms with E-state index in [-0.39, 0.29) is 18.5 Å². The van der Waals surface area contributed by atoms with E-state index in [9.17, 15) is 19.8 Å². The molecule has 1 amide bonds. The third-order valence-corrected chi connectivity index (χ3v) is 13.6. The molecule has 0 saturated carbocycles. The van der Waals surface area contributed by atoms with Gasteiger partial charge in [0, 0.05) is 12.8 Å². The summed E-state index contributed by atoms with van der Waals surface area (Å²) in [6, 6.07) is -0.540. The van der Waals surface area contributed by atoms with Gasteiger partial charge < -0.3 is 20.3 Å². The maximum Gasteiger partial charge on any atom is 0.305 e. The highest BCUT2D eigenvalue weighted by molar-refractivity contribution is 5.76. The van der Waals surface area contributed by atoms with Gasteiger partial charge in [0.25, 0.3) is 0 Å². The minimum atomic E-state index is -0.663. The zero-order chi connectivity index (χ0) is 46.5. The lowest BCUT2D eigenvalue weighted by Gasteiger charge is -2.22. The number of amides is 1. The first-order valence-corrected chi connectivity index (χ1v) is 28.9. The van der Waals surface area contributed by atoms with Crippen LogP contribution in [0.4, 0.5) is 0 Å². The van der Waals surface area contributed by atoms with Gasteiger partial charge in [0.05, 0.1) is 25.4 Å². The summed E-state index contributed by atoms with van der Waals surface area (Å²) in [6.45, 7) is 4.95. The van der Waals surface area contributed by atoms with E-state index in [2.05, 4.69) is 31.3 Å². The molecule has 3 N–H and O–H groups in total. The van der Waals surface area contributed by atoms with Crippen molar-refractivity contribution in [3.05, 3.63) is 12.2 Å². The minimum absolute atomic E-state index is 0.00383. The van der Waals surface area contributed by atoms with Crippen LogP contribution in [0.25, 0.3) is 0 Å². The molecule has 0 rings (SSSR count). The Morgan fingerprint density at radius 3 is 1.11 bits per heavy atom. The molecule has 0 aliphatic carbocycles. The van der Waals surface area contributed by atoms with E-state index >= 15 is 0 Å². The second kappa shape index (κ2) is 54.2. The van der Waals surface area contributed by atoms with Crippen LogP contribution in [-0.4, -0.2) is 47.4 Å². The van der Waals surface area contributed by atoms with Crippen LogP contribution >= 0.6 is 0 Å². The van der Waals surface area contributed by atoms with Crippen molar-refractivity contribution in [2.45, 2.75) is 334 Å². The number of carbonyl (C=O) groups excluding carboxylic acids is 2. The number of nitrogens with one attached hydrogen (secondary N) is 1. The van der Waals surface area contributed by atoms with Gasteiger partial charge in [0.15, 0.2) is 0 Å². The number of aliphatic hydroxyl groups excluding tert-OH is 2. The van der Waals surface area contributed by atoms with E-state index in [0.29, 0.717) is 25.9 Å². The number of aliphatic hydroxyl groups is 2. The van der Waals surface area contributed by atoms with Crippen LogP contribution in [-0.2, 0) is 14.3 Å². The molecule has 0 aliphatic heterocycles. The molecule has 2 atom stereocenters. The van der Waals surface area contributed by atoms with Crippen molar-refractivity contribution in [2.24, 2.45) is 0 Å². The monoisotopic (exact) mass is 904 g/mol. The number of rotatable bonds is 54. The Bertz CT molecular complexity index is 955. The number of unbranched alkanes of at least 4 members (excludes halogenated alkanes) is 41. The number of carbonyl (C=O) groups is 2. The van der Waals surface area contributed by atoms with E-state index in [1.54, 1.807) is 0 Å². The van der Waals surface area contributed by atoms with Crippen molar-refractivity contribution in [2.75, 3.05) is 13.2 Å². The van der Waals surface area contributed by atoms with Crippen molar-refractivity contribution in [1.82, 2.24) is 5.32 Å². The maximum absolute atomic E-state index is 12.4. The van der Waals surface area contributed by atoms with Gasteiger partial charge in [0.1, 0.15) is 0 Å². The fourth-order valence-corrected chi connectivity index (χ4v) is 9.11. The number of hydrogen-bond donors (Lipinski definition) is 3. The first-order valence-electron chi connectivity index (χ1n) is 28.9. The first-order chi connectivity index (χ1) is 31.5. The van der Waals surface area contributed by atoms with Gasteiger partial charge in [0.2, 0.25) is 5.91 Å². The normalized spacial score (nSPS) is 12.6. The topological polar surface area (TPSA) is 95.9 Å². The van der Waals surface area contributed by atoms with E-state index in [4.69, 9.17) is 4.74 Å². The minimum Gasteiger partial charge on any atom is -0.466 e. The van der Waals surface area contributed by atoms with Crippen LogP contribution in [0.15, 0.2) is 12.2 Å². The Morgan fingerprint density at radius 2 is 0.734 bits per heavy atom. The molecule has 0 aromatic rings. The van der Waals surface area contributed by atoms with Gasteiger partial charge in [-0.15, -0.1) is 0 Å². The average Bonchev–Trinajstić information content (AvgIpc) is 3.29. The van der Waals surface area contributed by atoms with E-state index in [1.807, 2.05) is 0 Å². The van der Waals surface area contributed by atoms with Crippen LogP contribution in [0.5, 0.6) is 0 Å². The summed E-state index contributed by atoms with van der Waals surface area (Å²) in [5.41, 5.74) is 0. The maximum atomic E-state index is 12.4. The van der Waals surface area contributed by atoms with Crippen molar-refractivity contribution in [3.63, 3.8) is 0 Å². The van der Waals surface area contributed by atoms with Crippen LogP contribution in [0.3, 0.4) is 0 Å². The molecule has 0 fully saturated rings. The Hall–Kier alpha value is -1.40. The molecule has 6 nitrogen and oxygen atoms in total. The Labute approximate surface area is 399 Å². The summed E-state index contributed by atoms with van der Waals surface area (Å²) in [5.74, 6) is -0.0315. The lowest BCUT2D eigenvalue weighted by Crippen LogP contribution is -2.45. The Kier molecular flexibility index (Phi) is 53.0. The van der Waals surface area contributed by atoms with E-state index in [0.717, 1.165) is 44.9 Å². The molecule has 64 heavy (non-hydrogen) atoms. The van der Waals surface area contributed by atoms with Gasteiger partial charge in [-0.3, -0.25) is 9.59 Å². The van der Waals surface area contributed by atoms with Crippen molar-refractivity contribution >= 4 is 11.9 Å². The smallest absolute Gasteiger partial charge is 0.305 e. The van der Waals surface area contributed by atoms with Crippen LogP contribution in [0.1, 0.15) is 322 Å². The van der Waals surface area contributed by atoms with E-state index < -0.39 is 12.1 Å². The molecule has 0 aromatic heterocycles. The number of allylic oxidation sites excluding steroid dienone is 2. The summed E-state index contributed by atoms with van der Waals surface area (Å²) in [4.78, 5) is 24.5. The quantitative estimate of drug-likeness (QED) is 0.0321. The summed E-state index contributed by atoms with van der Waals surface area (Å²) < 4.78 is 5.47. The number of hydrogen-bond acceptors (Lipinski definition) is 5. The fourth-order valence-electron chi connectivity index (χ4n) is 9.11. The molecule has 0 radical (unpaired) electrons. The van der Waals surface area contributed by atoms with Gasteiger partial charge in [-0.2, -0.15) is 0 Å². The molecule has 380 valence electrons. The molecule has 0 spiro atoms. The molecule has 6 heteroatoms. The van der Waals surface area contributed by atoms with Gasteiger partial charge in [-0.1, -0.05) is 270 Å². The highest BCUT2D eigenvalue weighted by atomic mass is 16.5. The molecule has 0 aromatic carbocycles. The van der Waals surface area contributed by atoms with Gasteiger partial charge in [-0.05, 0) is 51.4 Å². The molecular weight excluding hydrogens is 791 g/mol. The third-order valence-electron chi connectivity index (χ3n) is 13.6. The zero-order valence-electron chi connectivity index (χ0n) is 43.3. The lowest BCUT2D eigenvalue weighted by atomic mass is 10.0. The van der Waals surface area contributed by atoms with E-state index in [1.165, 1.54) is 244 Å². The molecule has 0 aliphatic rings. The molecular formula is C58H113NO5. The largest absolute Gasteiger partial charge is 0.466 e. The summed E-state index contributed by atoms with van der Waals surface area (Å²) >= 11 is 0. The average molecular weight is 905 g/mol. The second-order valence-corrected chi connectivity index (χ2v) is 20.0. The fraction of sp³-hybridized carbons (Fsp3) is 0.931. The van der Waals surface area contributed by atoms with Gasteiger partial charge in [-0.25, -0.2) is 0 Å². The Morgan fingerprint density at radius 1 is 0.422 bits per heavy atom. The standard InChI is InChI=1S/C58H113NO5/c1-3-5-7-9-11-13-15-17-28-32-36-40-44-48-52-58(63)64-53-49-45-41-37-33-29-26-24-22-20-18-19-21-23-25-27-31-35-39-43-47-51-57(62)59-55(54-60)56(61)50-46-42-38-34-30-16-14-12-10-8-6-4-2/h15,17,55-56,60-61H,3-14,16,18-54H2,1-2H3,(H,59,62)/b17-15-. The second-order valence-electron chi connectivity index (χ2n) is 20.0. The van der Waals surface area contributed by atoms with Crippen LogP contribution < -0.4 is 5.32 Å². The zero-order valence-corrected chi connectivity index (χ0v) is 43.3. The molecule has 0 bridgehead atoms. The number of ether oxygens (including phenoxy) is 1. The van der Waals surface area contributed by atoms with Crippen LogP contribution in [0, 0.1) is 0 Å². The molecule has 0 saturated heterocycles. The summed E-state index contributed by atoms with van der Waals surface area (Å²) in [6.07, 6.45) is 63.5. The van der Waals surface area contributed by atoms with Crippen molar-refractivity contribution in [1.29, 1.82) is 0 Å². The third kappa shape index (κ3) is 50.0. The number of esters is 1. The SMILES string of the molecule is CCCCCCC/C=C\CCCCCCCC(=O)OCCCCCCCCCCCCCCCCCCCCCCCC(=O)NC(CO)C(O)CCCCCCCCCCCCCC. The first kappa shape index (κ1) is 62.6. The molecule has 0 heterocycles. The highest BCUT2D eigenvalue weighted by Gasteiger charge is 2.20. The van der Waals surface area contributed by atoms with Crippen molar-refractivity contribution in [3.8, 4) is 0 Å². The summed E-state index contributed by atoms with van der Waals surface area (Å²) in [7, 11) is 0. The lowest BCUT2D eigenvalue weighted by molar-refractivity contribution is -0.143. The predicted molar refractivity (Wildman–Crippen MR) is 278 cm³/mol.